The van der Waals surface area contributed by atoms with Crippen LogP contribution in [-0.4, -0.2) is 17.0 Å². The van der Waals surface area contributed by atoms with Crippen molar-refractivity contribution in [2.24, 2.45) is 0 Å². The van der Waals surface area contributed by atoms with Gasteiger partial charge in [0.2, 0.25) is 0 Å². The van der Waals surface area contributed by atoms with Crippen LogP contribution in [0.3, 0.4) is 0 Å². The van der Waals surface area contributed by atoms with Gasteiger partial charge in [0.25, 0.3) is 0 Å². The van der Waals surface area contributed by atoms with Crippen LogP contribution in [0.2, 0.25) is 5.02 Å². The van der Waals surface area contributed by atoms with Gasteiger partial charge in [-0.05, 0) is 43.9 Å². The van der Waals surface area contributed by atoms with Crippen LogP contribution in [0.1, 0.15) is 38.7 Å². The Kier molecular flexibility index (Phi) is 3.95. The zero-order chi connectivity index (χ0) is 12.4. The third kappa shape index (κ3) is 2.75. The summed E-state index contributed by atoms with van der Waals surface area (Å²) in [6.45, 7) is 5.57. The monoisotopic (exact) mass is 252 g/mol. The van der Waals surface area contributed by atoms with Crippen molar-refractivity contribution in [1.82, 2.24) is 4.90 Å². The number of hydrogen-bond acceptors (Lipinski definition) is 2. The summed E-state index contributed by atoms with van der Waals surface area (Å²) in [7, 11) is 0. The first-order chi connectivity index (χ1) is 8.11. The zero-order valence-corrected chi connectivity index (χ0v) is 11.4. The Bertz CT molecular complexity index is 392. The summed E-state index contributed by atoms with van der Waals surface area (Å²) in [5.41, 5.74) is 7.66. The number of hydrogen-bond donors (Lipinski definition) is 1. The van der Waals surface area contributed by atoms with Crippen LogP contribution in [0.4, 0.5) is 5.69 Å². The van der Waals surface area contributed by atoms with E-state index in [-0.39, 0.29) is 0 Å². The molecule has 2 nitrogen and oxygen atoms in total. The Morgan fingerprint density at radius 1 is 1.41 bits per heavy atom. The first-order valence-electron chi connectivity index (χ1n) is 6.41. The van der Waals surface area contributed by atoms with Gasteiger partial charge in [-0.25, -0.2) is 0 Å². The summed E-state index contributed by atoms with van der Waals surface area (Å²) >= 11 is 6.06. The van der Waals surface area contributed by atoms with Gasteiger partial charge in [0.1, 0.15) is 0 Å². The summed E-state index contributed by atoms with van der Waals surface area (Å²) in [4.78, 5) is 2.59. The second-order valence-corrected chi connectivity index (χ2v) is 5.42. The molecule has 1 saturated heterocycles. The number of anilines is 1. The summed E-state index contributed by atoms with van der Waals surface area (Å²) < 4.78 is 0. The first-order valence-corrected chi connectivity index (χ1v) is 6.79. The van der Waals surface area contributed by atoms with E-state index in [1.54, 1.807) is 0 Å². The Morgan fingerprint density at radius 3 is 2.82 bits per heavy atom. The van der Waals surface area contributed by atoms with Gasteiger partial charge in [0, 0.05) is 18.6 Å². The molecule has 0 saturated carbocycles. The van der Waals surface area contributed by atoms with Gasteiger partial charge in [0.05, 0.1) is 10.7 Å². The van der Waals surface area contributed by atoms with Crippen molar-refractivity contribution in [1.29, 1.82) is 0 Å². The van der Waals surface area contributed by atoms with E-state index in [2.05, 4.69) is 24.8 Å². The van der Waals surface area contributed by atoms with E-state index in [9.17, 15) is 0 Å². The van der Waals surface area contributed by atoms with Gasteiger partial charge in [-0.3, -0.25) is 4.90 Å². The fraction of sp³-hybridized carbons (Fsp3) is 0.571. The number of nitrogen functional groups attached to an aromatic ring is 1. The molecule has 1 heterocycles. The van der Waals surface area contributed by atoms with Crippen LogP contribution in [0, 0.1) is 0 Å². The fourth-order valence-corrected chi connectivity index (χ4v) is 2.93. The predicted octanol–water partition coefficient (Wildman–Crippen LogP) is 3.69. The molecule has 2 atom stereocenters. The molecule has 17 heavy (non-hydrogen) atoms. The van der Waals surface area contributed by atoms with Crippen LogP contribution in [0.25, 0.3) is 0 Å². The van der Waals surface area contributed by atoms with E-state index in [4.69, 9.17) is 17.3 Å². The van der Waals surface area contributed by atoms with Crippen LogP contribution in [-0.2, 0) is 6.54 Å². The number of benzene rings is 1. The number of halogens is 1. The average molecular weight is 253 g/mol. The lowest BCUT2D eigenvalue weighted by atomic mass is 10.1. The van der Waals surface area contributed by atoms with Gasteiger partial charge < -0.3 is 5.73 Å². The molecule has 2 N–H and O–H groups in total. The van der Waals surface area contributed by atoms with E-state index in [0.29, 0.717) is 16.8 Å². The topological polar surface area (TPSA) is 29.3 Å². The summed E-state index contributed by atoms with van der Waals surface area (Å²) in [6, 6.07) is 7.38. The Hall–Kier alpha value is -0.730. The average Bonchev–Trinajstić information content (AvgIpc) is 2.65. The van der Waals surface area contributed by atoms with E-state index < -0.39 is 0 Å². The maximum absolute atomic E-state index is 6.06. The van der Waals surface area contributed by atoms with Crippen LogP contribution < -0.4 is 5.73 Å². The van der Waals surface area contributed by atoms with Crippen LogP contribution >= 0.6 is 11.6 Å². The SMILES string of the molecule is CCC1CCC(C)N1Cc1ccc(N)c(Cl)c1. The third-order valence-electron chi connectivity index (χ3n) is 3.85. The van der Waals surface area contributed by atoms with Crippen molar-refractivity contribution in [2.75, 3.05) is 5.73 Å². The van der Waals surface area contributed by atoms with Gasteiger partial charge in [0.15, 0.2) is 0 Å². The lowest BCUT2D eigenvalue weighted by molar-refractivity contribution is 0.189. The molecule has 2 unspecified atom stereocenters. The van der Waals surface area contributed by atoms with Crippen LogP contribution in [0.5, 0.6) is 0 Å². The summed E-state index contributed by atoms with van der Waals surface area (Å²) in [5.74, 6) is 0. The molecule has 1 fully saturated rings. The molecule has 1 aliphatic rings. The van der Waals surface area contributed by atoms with E-state index in [0.717, 1.165) is 12.6 Å². The molecule has 0 aliphatic carbocycles. The number of nitrogens with two attached hydrogens (primary N) is 1. The molecule has 94 valence electrons. The zero-order valence-electron chi connectivity index (χ0n) is 10.6. The highest BCUT2D eigenvalue weighted by Crippen LogP contribution is 2.29. The van der Waals surface area contributed by atoms with E-state index in [1.165, 1.54) is 24.8 Å². The summed E-state index contributed by atoms with van der Waals surface area (Å²) in [6.07, 6.45) is 3.86. The maximum Gasteiger partial charge on any atom is 0.0638 e. The minimum atomic E-state index is 0.664. The number of likely N-dealkylation sites (tertiary alicyclic amines) is 1. The second-order valence-electron chi connectivity index (χ2n) is 5.02. The fourth-order valence-electron chi connectivity index (χ4n) is 2.73. The predicted molar refractivity (Wildman–Crippen MR) is 74.2 cm³/mol. The number of rotatable bonds is 3. The normalized spacial score (nSPS) is 25.4. The molecular formula is C14H21ClN2. The molecule has 0 radical (unpaired) electrons. The quantitative estimate of drug-likeness (QED) is 0.832. The van der Waals surface area contributed by atoms with Crippen molar-refractivity contribution in [3.63, 3.8) is 0 Å². The third-order valence-corrected chi connectivity index (χ3v) is 4.18. The van der Waals surface area contributed by atoms with Crippen molar-refractivity contribution in [2.45, 2.75) is 51.7 Å². The van der Waals surface area contributed by atoms with Crippen molar-refractivity contribution in [3.8, 4) is 0 Å². The van der Waals surface area contributed by atoms with Crippen molar-refractivity contribution >= 4 is 17.3 Å². The number of nitrogens with zero attached hydrogens (tertiary/aromatic N) is 1. The summed E-state index contributed by atoms with van der Waals surface area (Å²) in [5, 5.41) is 0.669. The maximum atomic E-state index is 6.06. The van der Waals surface area contributed by atoms with Crippen LogP contribution in [0.15, 0.2) is 18.2 Å². The Morgan fingerprint density at radius 2 is 2.18 bits per heavy atom. The molecule has 0 bridgehead atoms. The lowest BCUT2D eigenvalue weighted by Crippen LogP contribution is -2.33. The standard InChI is InChI=1S/C14H21ClN2/c1-3-12-6-4-10(2)17(12)9-11-5-7-14(16)13(15)8-11/h5,7-8,10,12H,3-4,6,9,16H2,1-2H3. The molecule has 0 spiro atoms. The molecule has 0 amide bonds. The minimum absolute atomic E-state index is 0.664. The molecule has 1 aromatic rings. The highest BCUT2D eigenvalue weighted by Gasteiger charge is 2.28. The lowest BCUT2D eigenvalue weighted by Gasteiger charge is -2.27. The van der Waals surface area contributed by atoms with Crippen molar-refractivity contribution in [3.05, 3.63) is 28.8 Å². The second kappa shape index (κ2) is 5.28. The molecular weight excluding hydrogens is 232 g/mol. The first kappa shape index (κ1) is 12.7. The van der Waals surface area contributed by atoms with Crippen molar-refractivity contribution < 1.29 is 0 Å². The highest BCUT2D eigenvalue weighted by molar-refractivity contribution is 6.33. The van der Waals surface area contributed by atoms with Gasteiger partial charge >= 0.3 is 0 Å². The van der Waals surface area contributed by atoms with Gasteiger partial charge in [-0.2, -0.15) is 0 Å². The molecule has 1 aliphatic heterocycles. The Labute approximate surface area is 109 Å². The minimum Gasteiger partial charge on any atom is -0.398 e. The smallest absolute Gasteiger partial charge is 0.0638 e. The highest BCUT2D eigenvalue weighted by atomic mass is 35.5. The van der Waals surface area contributed by atoms with E-state index in [1.807, 2.05) is 12.1 Å². The van der Waals surface area contributed by atoms with Gasteiger partial charge in [-0.15, -0.1) is 0 Å². The molecule has 1 aromatic carbocycles. The molecule has 2 rings (SSSR count). The molecule has 0 aromatic heterocycles. The van der Waals surface area contributed by atoms with Gasteiger partial charge in [-0.1, -0.05) is 24.6 Å². The largest absolute Gasteiger partial charge is 0.398 e. The molecule has 3 heteroatoms. The Balaban J connectivity index is 2.11. The van der Waals surface area contributed by atoms with E-state index >= 15 is 0 Å².